The fourth-order valence-electron chi connectivity index (χ4n) is 5.49. The molecule has 2 heterocycles. The Morgan fingerprint density at radius 2 is 0.947 bits per heavy atom. The molecule has 0 bridgehead atoms. The second-order valence-corrected chi connectivity index (χ2v) is 11.1. The number of benzene rings is 1. The first kappa shape index (κ1) is 31.4. The SMILES string of the molecule is Cc1c(CC2CCNCCNCCCNCCN2)ccc(CC2CNCCCNCCNCCCN2)c1C. The fraction of sp³-hybridized carbons (Fsp3) is 0.800. The van der Waals surface area contributed by atoms with Crippen LogP contribution in [0.25, 0.3) is 0 Å². The van der Waals surface area contributed by atoms with Gasteiger partial charge < -0.3 is 42.5 Å². The minimum atomic E-state index is 0.462. The topological polar surface area (TPSA) is 96.2 Å². The molecule has 38 heavy (non-hydrogen) atoms. The van der Waals surface area contributed by atoms with Crippen LogP contribution in [0.2, 0.25) is 0 Å². The molecule has 2 aliphatic heterocycles. The van der Waals surface area contributed by atoms with Gasteiger partial charge in [-0.25, -0.2) is 0 Å². The van der Waals surface area contributed by atoms with E-state index in [2.05, 4.69) is 68.5 Å². The molecule has 0 aliphatic carbocycles. The Hall–Kier alpha value is -1.10. The Kier molecular flexibility index (Phi) is 16.4. The minimum absolute atomic E-state index is 0.462. The van der Waals surface area contributed by atoms with Gasteiger partial charge in [-0.1, -0.05) is 12.1 Å². The molecular formula is C30H58N8. The van der Waals surface area contributed by atoms with Crippen LogP contribution in [0.15, 0.2) is 12.1 Å². The lowest BCUT2D eigenvalue weighted by Crippen LogP contribution is -2.42. The summed E-state index contributed by atoms with van der Waals surface area (Å²) in [5.74, 6) is 0. The van der Waals surface area contributed by atoms with Gasteiger partial charge in [0.1, 0.15) is 0 Å². The van der Waals surface area contributed by atoms with Gasteiger partial charge in [0.15, 0.2) is 0 Å². The summed E-state index contributed by atoms with van der Waals surface area (Å²) in [6, 6.07) is 5.78. The molecule has 0 saturated carbocycles. The van der Waals surface area contributed by atoms with E-state index < -0.39 is 0 Å². The summed E-state index contributed by atoms with van der Waals surface area (Å²) >= 11 is 0. The molecular weight excluding hydrogens is 472 g/mol. The summed E-state index contributed by atoms with van der Waals surface area (Å²) in [7, 11) is 0. The maximum atomic E-state index is 3.85. The predicted molar refractivity (Wildman–Crippen MR) is 163 cm³/mol. The standard InChI is InChI=1S/C30H58N8/c1-25-26(2)28(23-30-24-36-13-4-11-32-16-17-33-12-5-14-37-30)7-6-27(25)22-29-8-15-35-19-18-31-9-3-10-34-20-21-38-29/h6-7,29-38H,3-5,8-24H2,1-2H3. The maximum Gasteiger partial charge on any atom is 0.0232 e. The first-order valence-corrected chi connectivity index (χ1v) is 15.5. The van der Waals surface area contributed by atoms with E-state index in [9.17, 15) is 0 Å². The van der Waals surface area contributed by atoms with E-state index in [1.165, 1.54) is 41.5 Å². The molecule has 1 aromatic rings. The lowest BCUT2D eigenvalue weighted by molar-refractivity contribution is 0.445. The van der Waals surface area contributed by atoms with Crippen molar-refractivity contribution < 1.29 is 0 Å². The molecule has 3 rings (SSSR count). The molecule has 218 valence electrons. The summed E-state index contributed by atoms with van der Waals surface area (Å²) in [6.45, 7) is 19.5. The largest absolute Gasteiger partial charge is 0.315 e. The van der Waals surface area contributed by atoms with Crippen molar-refractivity contribution in [1.82, 2.24) is 42.5 Å². The molecule has 2 saturated heterocycles. The van der Waals surface area contributed by atoms with Crippen molar-refractivity contribution in [3.05, 3.63) is 34.4 Å². The van der Waals surface area contributed by atoms with Gasteiger partial charge in [0.2, 0.25) is 0 Å². The van der Waals surface area contributed by atoms with Gasteiger partial charge in [-0.3, -0.25) is 0 Å². The van der Waals surface area contributed by atoms with Gasteiger partial charge in [0.05, 0.1) is 0 Å². The normalized spacial score (nSPS) is 25.2. The summed E-state index contributed by atoms with van der Waals surface area (Å²) in [4.78, 5) is 0. The molecule has 0 radical (unpaired) electrons. The lowest BCUT2D eigenvalue weighted by Gasteiger charge is -2.24. The predicted octanol–water partition coefficient (Wildman–Crippen LogP) is 0.430. The number of nitrogens with one attached hydrogen (secondary N) is 8. The van der Waals surface area contributed by atoms with Crippen LogP contribution in [0.5, 0.6) is 0 Å². The Morgan fingerprint density at radius 1 is 0.500 bits per heavy atom. The molecule has 2 fully saturated rings. The van der Waals surface area contributed by atoms with Gasteiger partial charge in [-0.2, -0.15) is 0 Å². The van der Waals surface area contributed by atoms with Gasteiger partial charge in [0, 0.05) is 57.9 Å². The van der Waals surface area contributed by atoms with Crippen LogP contribution in [0.3, 0.4) is 0 Å². The summed E-state index contributed by atoms with van der Waals surface area (Å²) in [5.41, 5.74) is 5.93. The van der Waals surface area contributed by atoms with Crippen molar-refractivity contribution in [2.75, 3.05) is 91.6 Å². The Morgan fingerprint density at radius 3 is 1.55 bits per heavy atom. The highest BCUT2D eigenvalue weighted by Gasteiger charge is 2.16. The highest BCUT2D eigenvalue weighted by Crippen LogP contribution is 2.21. The fourth-order valence-corrected chi connectivity index (χ4v) is 5.49. The molecule has 8 N–H and O–H groups in total. The zero-order valence-corrected chi connectivity index (χ0v) is 24.5. The van der Waals surface area contributed by atoms with E-state index in [-0.39, 0.29) is 0 Å². The van der Waals surface area contributed by atoms with Crippen molar-refractivity contribution in [2.45, 2.75) is 64.5 Å². The number of hydrogen-bond donors (Lipinski definition) is 8. The van der Waals surface area contributed by atoms with Crippen molar-refractivity contribution in [3.63, 3.8) is 0 Å². The first-order valence-electron chi connectivity index (χ1n) is 15.5. The van der Waals surface area contributed by atoms with Crippen LogP contribution in [0.1, 0.15) is 47.9 Å². The highest BCUT2D eigenvalue weighted by molar-refractivity contribution is 5.40. The second kappa shape index (κ2) is 19.9. The van der Waals surface area contributed by atoms with Crippen LogP contribution >= 0.6 is 0 Å². The van der Waals surface area contributed by atoms with E-state index >= 15 is 0 Å². The van der Waals surface area contributed by atoms with E-state index in [0.717, 1.165) is 111 Å². The number of hydrogen-bond acceptors (Lipinski definition) is 8. The van der Waals surface area contributed by atoms with Crippen molar-refractivity contribution in [2.24, 2.45) is 0 Å². The van der Waals surface area contributed by atoms with E-state index in [1.54, 1.807) is 0 Å². The highest BCUT2D eigenvalue weighted by atomic mass is 15.0. The number of rotatable bonds is 4. The van der Waals surface area contributed by atoms with Crippen LogP contribution in [-0.4, -0.2) is 104 Å². The Bertz CT molecular complexity index is 654. The van der Waals surface area contributed by atoms with Gasteiger partial charge in [-0.05, 0) is 120 Å². The molecule has 0 spiro atoms. The van der Waals surface area contributed by atoms with Crippen LogP contribution < -0.4 is 42.5 Å². The summed E-state index contributed by atoms with van der Waals surface area (Å²) < 4.78 is 0. The molecule has 2 aliphatic rings. The zero-order chi connectivity index (χ0) is 26.7. The second-order valence-electron chi connectivity index (χ2n) is 11.1. The molecule has 8 heteroatoms. The third-order valence-electron chi connectivity index (χ3n) is 8.07. The van der Waals surface area contributed by atoms with Gasteiger partial charge in [0.25, 0.3) is 0 Å². The first-order chi connectivity index (χ1) is 18.7. The molecule has 0 aromatic heterocycles. The van der Waals surface area contributed by atoms with Gasteiger partial charge in [-0.15, -0.1) is 0 Å². The average Bonchev–Trinajstić information content (AvgIpc) is 2.92. The third kappa shape index (κ3) is 12.8. The van der Waals surface area contributed by atoms with Crippen molar-refractivity contribution >= 4 is 0 Å². The zero-order valence-electron chi connectivity index (χ0n) is 24.5. The lowest BCUT2D eigenvalue weighted by atomic mass is 9.90. The molecule has 2 atom stereocenters. The van der Waals surface area contributed by atoms with Gasteiger partial charge >= 0.3 is 0 Å². The summed E-state index contributed by atoms with van der Waals surface area (Å²) in [5, 5.41) is 29.2. The monoisotopic (exact) mass is 530 g/mol. The third-order valence-corrected chi connectivity index (χ3v) is 8.07. The Labute approximate surface area is 233 Å². The molecule has 0 amide bonds. The van der Waals surface area contributed by atoms with Crippen LogP contribution in [-0.2, 0) is 12.8 Å². The smallest absolute Gasteiger partial charge is 0.0232 e. The molecule has 1 aromatic carbocycles. The maximum absolute atomic E-state index is 3.85. The quantitative estimate of drug-likeness (QED) is 0.284. The van der Waals surface area contributed by atoms with Crippen LogP contribution in [0.4, 0.5) is 0 Å². The Balaban J connectivity index is 1.56. The minimum Gasteiger partial charge on any atom is -0.315 e. The van der Waals surface area contributed by atoms with E-state index in [0.29, 0.717) is 12.1 Å². The van der Waals surface area contributed by atoms with Crippen molar-refractivity contribution in [1.29, 1.82) is 0 Å². The van der Waals surface area contributed by atoms with Crippen molar-refractivity contribution in [3.8, 4) is 0 Å². The van der Waals surface area contributed by atoms with E-state index in [4.69, 9.17) is 0 Å². The average molecular weight is 531 g/mol. The molecule has 8 nitrogen and oxygen atoms in total. The van der Waals surface area contributed by atoms with E-state index in [1.807, 2.05) is 0 Å². The summed E-state index contributed by atoms with van der Waals surface area (Å²) in [6.07, 6.45) is 6.87. The molecule has 2 unspecified atom stereocenters. The van der Waals surface area contributed by atoms with Crippen LogP contribution in [0, 0.1) is 13.8 Å².